The number of aromatic nitrogens is 3. The number of aliphatic hydroxyl groups excluding tert-OH is 1. The zero-order valence-corrected chi connectivity index (χ0v) is 15.5. The van der Waals surface area contributed by atoms with E-state index in [1.807, 2.05) is 49.7 Å². The van der Waals surface area contributed by atoms with Gasteiger partial charge >= 0.3 is 0 Å². The van der Waals surface area contributed by atoms with Crippen molar-refractivity contribution >= 4 is 16.9 Å². The van der Waals surface area contributed by atoms with E-state index in [2.05, 4.69) is 10.4 Å². The van der Waals surface area contributed by atoms with Gasteiger partial charge in [0.05, 0.1) is 28.9 Å². The summed E-state index contributed by atoms with van der Waals surface area (Å²) < 4.78 is 1.82. The number of aliphatic hydroxyl groups is 1. The molecule has 3 aromatic rings. The molecule has 2 heterocycles. The maximum atomic E-state index is 12.7. The maximum Gasteiger partial charge on any atom is 0.252 e. The molecule has 0 aliphatic heterocycles. The quantitative estimate of drug-likeness (QED) is 0.739. The highest BCUT2D eigenvalue weighted by molar-refractivity contribution is 6.06. The molecule has 0 aliphatic carbocycles. The summed E-state index contributed by atoms with van der Waals surface area (Å²) in [6, 6.07) is 9.88. The first-order valence-corrected chi connectivity index (χ1v) is 8.79. The van der Waals surface area contributed by atoms with Crippen LogP contribution in [0.1, 0.15) is 42.7 Å². The van der Waals surface area contributed by atoms with Crippen molar-refractivity contribution in [3.8, 4) is 11.3 Å². The Morgan fingerprint density at radius 2 is 2.00 bits per heavy atom. The minimum atomic E-state index is -0.606. The van der Waals surface area contributed by atoms with E-state index in [1.165, 1.54) is 0 Å². The highest BCUT2D eigenvalue weighted by atomic mass is 16.3. The van der Waals surface area contributed by atoms with Gasteiger partial charge in [0.1, 0.15) is 0 Å². The van der Waals surface area contributed by atoms with Crippen LogP contribution < -0.4 is 5.32 Å². The van der Waals surface area contributed by atoms with Gasteiger partial charge < -0.3 is 10.4 Å². The summed E-state index contributed by atoms with van der Waals surface area (Å²) in [4.78, 5) is 17.5. The number of aryl methyl sites for hydroxylation is 1. The monoisotopic (exact) mass is 352 g/mol. The SMILES string of the molecule is Cc1ccccc1-c1cc(C(=O)NCC(C)O)c2cnn(C(C)C)c2n1. The molecular formula is C20H24N4O2. The number of carbonyl (C=O) groups is 1. The lowest BCUT2D eigenvalue weighted by atomic mass is 10.0. The number of benzene rings is 1. The highest BCUT2D eigenvalue weighted by Crippen LogP contribution is 2.28. The molecule has 3 rings (SSSR count). The molecule has 1 amide bonds. The van der Waals surface area contributed by atoms with Crippen LogP contribution in [0.4, 0.5) is 0 Å². The molecule has 0 saturated carbocycles. The fraction of sp³-hybridized carbons (Fsp3) is 0.350. The van der Waals surface area contributed by atoms with Crippen molar-refractivity contribution < 1.29 is 9.90 Å². The number of rotatable bonds is 5. The summed E-state index contributed by atoms with van der Waals surface area (Å²) in [6.07, 6.45) is 1.08. The first-order chi connectivity index (χ1) is 12.4. The van der Waals surface area contributed by atoms with E-state index < -0.39 is 6.10 Å². The second kappa shape index (κ2) is 7.25. The molecule has 0 bridgehead atoms. The molecule has 1 aromatic carbocycles. The molecule has 2 aromatic heterocycles. The predicted octanol–water partition coefficient (Wildman–Crippen LogP) is 3.10. The second-order valence-corrected chi connectivity index (χ2v) is 6.85. The predicted molar refractivity (Wildman–Crippen MR) is 102 cm³/mol. The molecular weight excluding hydrogens is 328 g/mol. The van der Waals surface area contributed by atoms with E-state index in [4.69, 9.17) is 4.98 Å². The van der Waals surface area contributed by atoms with Crippen molar-refractivity contribution in [1.82, 2.24) is 20.1 Å². The van der Waals surface area contributed by atoms with Crippen molar-refractivity contribution in [2.24, 2.45) is 0 Å². The summed E-state index contributed by atoms with van der Waals surface area (Å²) in [5.41, 5.74) is 4.00. The summed E-state index contributed by atoms with van der Waals surface area (Å²) in [6.45, 7) is 7.91. The van der Waals surface area contributed by atoms with Crippen molar-refractivity contribution in [2.75, 3.05) is 6.54 Å². The third-order valence-electron chi connectivity index (χ3n) is 4.28. The molecule has 136 valence electrons. The van der Waals surface area contributed by atoms with Gasteiger partial charge in [-0.05, 0) is 39.3 Å². The lowest BCUT2D eigenvalue weighted by molar-refractivity contribution is 0.0925. The van der Waals surface area contributed by atoms with Gasteiger partial charge in [0.2, 0.25) is 0 Å². The Morgan fingerprint density at radius 3 is 2.65 bits per heavy atom. The molecule has 1 atom stereocenters. The average molecular weight is 352 g/mol. The third kappa shape index (κ3) is 3.46. The van der Waals surface area contributed by atoms with E-state index in [1.54, 1.807) is 19.2 Å². The fourth-order valence-corrected chi connectivity index (χ4v) is 2.92. The number of pyridine rings is 1. The van der Waals surface area contributed by atoms with Gasteiger partial charge in [0.15, 0.2) is 5.65 Å². The van der Waals surface area contributed by atoms with Gasteiger partial charge in [-0.3, -0.25) is 4.79 Å². The lowest BCUT2D eigenvalue weighted by Gasteiger charge is -2.12. The Morgan fingerprint density at radius 1 is 1.27 bits per heavy atom. The molecule has 0 saturated heterocycles. The van der Waals surface area contributed by atoms with Crippen molar-refractivity contribution in [2.45, 2.75) is 39.8 Å². The molecule has 0 fully saturated rings. The fourth-order valence-electron chi connectivity index (χ4n) is 2.92. The van der Waals surface area contributed by atoms with Crippen LogP contribution in [-0.4, -0.2) is 38.4 Å². The minimum Gasteiger partial charge on any atom is -0.392 e. The van der Waals surface area contributed by atoms with E-state index >= 15 is 0 Å². The average Bonchev–Trinajstić information content (AvgIpc) is 3.03. The molecule has 2 N–H and O–H groups in total. The maximum absolute atomic E-state index is 12.7. The van der Waals surface area contributed by atoms with Crippen molar-refractivity contribution in [3.05, 3.63) is 47.7 Å². The Balaban J connectivity index is 2.19. The van der Waals surface area contributed by atoms with Crippen LogP contribution in [0.2, 0.25) is 0 Å². The molecule has 6 heteroatoms. The Hall–Kier alpha value is -2.73. The topological polar surface area (TPSA) is 80.0 Å². The van der Waals surface area contributed by atoms with Crippen molar-refractivity contribution in [3.63, 3.8) is 0 Å². The van der Waals surface area contributed by atoms with E-state index in [0.717, 1.165) is 16.8 Å². The minimum absolute atomic E-state index is 0.125. The summed E-state index contributed by atoms with van der Waals surface area (Å²) in [5.74, 6) is -0.239. The van der Waals surface area contributed by atoms with Crippen LogP contribution in [-0.2, 0) is 0 Å². The van der Waals surface area contributed by atoms with Gasteiger partial charge in [-0.25, -0.2) is 9.67 Å². The van der Waals surface area contributed by atoms with Gasteiger partial charge in [0.25, 0.3) is 5.91 Å². The third-order valence-corrected chi connectivity index (χ3v) is 4.28. The lowest BCUT2D eigenvalue weighted by Crippen LogP contribution is -2.30. The van der Waals surface area contributed by atoms with Crippen LogP contribution in [0.3, 0.4) is 0 Å². The number of carbonyl (C=O) groups excluding carboxylic acids is 1. The number of nitrogens with zero attached hydrogens (tertiary/aromatic N) is 3. The summed E-state index contributed by atoms with van der Waals surface area (Å²) in [5, 5.41) is 17.4. The van der Waals surface area contributed by atoms with E-state index in [9.17, 15) is 9.90 Å². The van der Waals surface area contributed by atoms with Gasteiger partial charge in [0, 0.05) is 18.2 Å². The first-order valence-electron chi connectivity index (χ1n) is 8.79. The zero-order chi connectivity index (χ0) is 18.8. The first kappa shape index (κ1) is 18.1. The Labute approximate surface area is 152 Å². The van der Waals surface area contributed by atoms with E-state index in [-0.39, 0.29) is 18.5 Å². The summed E-state index contributed by atoms with van der Waals surface area (Å²) in [7, 11) is 0. The van der Waals surface area contributed by atoms with Gasteiger partial charge in [-0.2, -0.15) is 5.10 Å². The summed E-state index contributed by atoms with van der Waals surface area (Å²) >= 11 is 0. The molecule has 0 spiro atoms. The van der Waals surface area contributed by atoms with Crippen LogP contribution in [0, 0.1) is 6.92 Å². The number of fused-ring (bicyclic) bond motifs is 1. The Kier molecular flexibility index (Phi) is 5.04. The van der Waals surface area contributed by atoms with Crippen LogP contribution in [0.25, 0.3) is 22.3 Å². The Bertz CT molecular complexity index is 944. The number of hydrogen-bond donors (Lipinski definition) is 2. The largest absolute Gasteiger partial charge is 0.392 e. The van der Waals surface area contributed by atoms with Crippen LogP contribution in [0.15, 0.2) is 36.5 Å². The zero-order valence-electron chi connectivity index (χ0n) is 15.5. The van der Waals surface area contributed by atoms with Gasteiger partial charge in [-0.15, -0.1) is 0 Å². The van der Waals surface area contributed by atoms with E-state index in [0.29, 0.717) is 16.6 Å². The number of amides is 1. The molecule has 0 radical (unpaired) electrons. The van der Waals surface area contributed by atoms with Crippen LogP contribution in [0.5, 0.6) is 0 Å². The number of hydrogen-bond acceptors (Lipinski definition) is 4. The highest BCUT2D eigenvalue weighted by Gasteiger charge is 2.19. The molecule has 0 aliphatic rings. The van der Waals surface area contributed by atoms with Gasteiger partial charge in [-0.1, -0.05) is 24.3 Å². The molecule has 1 unspecified atom stereocenters. The second-order valence-electron chi connectivity index (χ2n) is 6.85. The van der Waals surface area contributed by atoms with Crippen molar-refractivity contribution in [1.29, 1.82) is 0 Å². The van der Waals surface area contributed by atoms with Crippen LogP contribution >= 0.6 is 0 Å². The standard InChI is InChI=1S/C20H24N4O2/c1-12(2)24-19-17(11-22-24)16(20(26)21-10-14(4)25)9-18(23-19)15-8-6-5-7-13(15)3/h5-9,11-12,14,25H,10H2,1-4H3,(H,21,26). The normalized spacial score (nSPS) is 12.5. The molecule has 6 nitrogen and oxygen atoms in total. The number of nitrogens with one attached hydrogen (secondary N) is 1. The molecule has 26 heavy (non-hydrogen) atoms. The smallest absolute Gasteiger partial charge is 0.252 e.